The number of carbonyl (C=O) groups excluding carboxylic acids is 1. The molecule has 0 saturated heterocycles. The molecule has 30 heavy (non-hydrogen) atoms. The lowest BCUT2D eigenvalue weighted by Crippen LogP contribution is -2.23. The number of amides is 1. The molecular formula is C21H15F2N5O2. The summed E-state index contributed by atoms with van der Waals surface area (Å²) in [6.07, 6.45) is -1.14. The van der Waals surface area contributed by atoms with E-state index >= 15 is 0 Å². The van der Waals surface area contributed by atoms with E-state index in [9.17, 15) is 13.6 Å². The number of rotatable bonds is 4. The third-order valence-corrected chi connectivity index (χ3v) is 5.08. The van der Waals surface area contributed by atoms with Crippen LogP contribution in [0.2, 0.25) is 0 Å². The van der Waals surface area contributed by atoms with Gasteiger partial charge in [-0.1, -0.05) is 24.3 Å². The fourth-order valence-electron chi connectivity index (χ4n) is 3.63. The maximum atomic E-state index is 13.2. The van der Waals surface area contributed by atoms with Crippen molar-refractivity contribution in [3.8, 4) is 22.7 Å². The Morgan fingerprint density at radius 1 is 1.07 bits per heavy atom. The lowest BCUT2D eigenvalue weighted by molar-refractivity contribution is 0.0996. The first kappa shape index (κ1) is 18.2. The molecular weight excluding hydrogens is 392 g/mol. The Bertz CT molecular complexity index is 1260. The van der Waals surface area contributed by atoms with Crippen molar-refractivity contribution in [3.63, 3.8) is 0 Å². The van der Waals surface area contributed by atoms with E-state index in [4.69, 9.17) is 4.42 Å². The van der Waals surface area contributed by atoms with Crippen molar-refractivity contribution in [1.29, 1.82) is 0 Å². The first-order valence-corrected chi connectivity index (χ1v) is 9.17. The second-order valence-electron chi connectivity index (χ2n) is 6.87. The maximum absolute atomic E-state index is 13.2. The fourth-order valence-corrected chi connectivity index (χ4v) is 3.63. The van der Waals surface area contributed by atoms with Crippen LogP contribution in [0, 0.1) is 0 Å². The molecule has 0 atom stereocenters. The number of benzene rings is 2. The van der Waals surface area contributed by atoms with Crippen LogP contribution < -0.4 is 4.90 Å². The van der Waals surface area contributed by atoms with Crippen LogP contribution in [0.4, 0.5) is 14.5 Å². The highest BCUT2D eigenvalue weighted by Crippen LogP contribution is 2.37. The number of nitrogens with zero attached hydrogens (tertiary/aromatic N) is 5. The van der Waals surface area contributed by atoms with Crippen LogP contribution in [0.1, 0.15) is 28.2 Å². The van der Waals surface area contributed by atoms with E-state index in [-0.39, 0.29) is 11.8 Å². The van der Waals surface area contributed by atoms with Crippen LogP contribution in [0.5, 0.6) is 0 Å². The van der Waals surface area contributed by atoms with Crippen LogP contribution >= 0.6 is 0 Å². The van der Waals surface area contributed by atoms with Crippen LogP contribution in [-0.4, -0.2) is 25.9 Å². The van der Waals surface area contributed by atoms with Gasteiger partial charge >= 0.3 is 6.43 Å². The van der Waals surface area contributed by atoms with Crippen LogP contribution in [-0.2, 0) is 13.6 Å². The lowest BCUT2D eigenvalue weighted by Gasteiger charge is -2.19. The predicted molar refractivity (Wildman–Crippen MR) is 104 cm³/mol. The second-order valence-corrected chi connectivity index (χ2v) is 6.87. The number of halogens is 2. The van der Waals surface area contributed by atoms with Crippen molar-refractivity contribution >= 4 is 11.6 Å². The highest BCUT2D eigenvalue weighted by molar-refractivity contribution is 6.12. The van der Waals surface area contributed by atoms with Crippen LogP contribution in [0.25, 0.3) is 22.7 Å². The molecule has 2 aromatic carbocycles. The van der Waals surface area contributed by atoms with E-state index in [1.807, 2.05) is 37.4 Å². The molecule has 0 aliphatic carbocycles. The molecule has 0 fully saturated rings. The number of anilines is 1. The van der Waals surface area contributed by atoms with Gasteiger partial charge in [0.2, 0.25) is 5.89 Å². The fraction of sp³-hybridized carbons (Fsp3) is 0.143. The van der Waals surface area contributed by atoms with Crippen molar-refractivity contribution < 1.29 is 18.0 Å². The Kier molecular flexibility index (Phi) is 4.16. The number of hydrogen-bond donors (Lipinski definition) is 0. The molecule has 0 radical (unpaired) electrons. The van der Waals surface area contributed by atoms with Crippen LogP contribution in [0.15, 0.2) is 59.1 Å². The smallest absolute Gasteiger partial charge is 0.314 e. The third kappa shape index (κ3) is 2.86. The van der Waals surface area contributed by atoms with E-state index in [0.717, 1.165) is 22.5 Å². The van der Waals surface area contributed by atoms with E-state index < -0.39 is 12.3 Å². The zero-order chi connectivity index (χ0) is 20.8. The van der Waals surface area contributed by atoms with E-state index in [2.05, 4.69) is 15.3 Å². The summed E-state index contributed by atoms with van der Waals surface area (Å²) in [6, 6.07) is 14.6. The molecule has 1 amide bonds. The molecule has 3 heterocycles. The zero-order valence-corrected chi connectivity index (χ0v) is 15.8. The number of para-hydroxylation sites is 1. The van der Waals surface area contributed by atoms with E-state index in [0.29, 0.717) is 17.7 Å². The SMILES string of the molecule is Cn1nccc1-c1ccccc1N1Cc2ccc(-c3nnc(C(F)F)o3)cc2C1=O. The number of carbonyl (C=O) groups is 1. The number of hydrogen-bond acceptors (Lipinski definition) is 5. The molecule has 2 aromatic heterocycles. The summed E-state index contributed by atoms with van der Waals surface area (Å²) < 4.78 is 32.2. The number of fused-ring (bicyclic) bond motifs is 1. The predicted octanol–water partition coefficient (Wildman–Crippen LogP) is 4.24. The molecule has 0 N–H and O–H groups in total. The minimum Gasteiger partial charge on any atom is -0.415 e. The van der Waals surface area contributed by atoms with Gasteiger partial charge in [-0.2, -0.15) is 13.9 Å². The number of aryl methyl sites for hydroxylation is 1. The lowest BCUT2D eigenvalue weighted by atomic mass is 10.1. The molecule has 150 valence electrons. The van der Waals surface area contributed by atoms with Gasteiger partial charge in [-0.25, -0.2) is 0 Å². The Hall–Kier alpha value is -3.88. The van der Waals surface area contributed by atoms with Crippen molar-refractivity contribution in [1.82, 2.24) is 20.0 Å². The van der Waals surface area contributed by atoms with Crippen molar-refractivity contribution in [2.75, 3.05) is 4.90 Å². The van der Waals surface area contributed by atoms with Gasteiger partial charge in [-0.15, -0.1) is 10.2 Å². The minimum absolute atomic E-state index is 0.0466. The van der Waals surface area contributed by atoms with Gasteiger partial charge in [-0.05, 0) is 29.8 Å². The summed E-state index contributed by atoms with van der Waals surface area (Å²) >= 11 is 0. The first-order valence-electron chi connectivity index (χ1n) is 9.17. The summed E-state index contributed by atoms with van der Waals surface area (Å²) in [5.41, 5.74) is 4.27. The van der Waals surface area contributed by atoms with Crippen molar-refractivity contribution in [3.05, 3.63) is 71.7 Å². The van der Waals surface area contributed by atoms with Gasteiger partial charge in [0.15, 0.2) is 0 Å². The molecule has 0 unspecified atom stereocenters. The average molecular weight is 407 g/mol. The van der Waals surface area contributed by atoms with Crippen LogP contribution in [0.3, 0.4) is 0 Å². The third-order valence-electron chi connectivity index (χ3n) is 5.08. The highest BCUT2D eigenvalue weighted by Gasteiger charge is 2.31. The largest absolute Gasteiger partial charge is 0.415 e. The van der Waals surface area contributed by atoms with Gasteiger partial charge < -0.3 is 9.32 Å². The minimum atomic E-state index is -2.85. The summed E-state index contributed by atoms with van der Waals surface area (Å²) in [5.74, 6) is -0.978. The molecule has 0 spiro atoms. The quantitative estimate of drug-likeness (QED) is 0.506. The average Bonchev–Trinajstić information content (AvgIpc) is 3.47. The first-order chi connectivity index (χ1) is 14.5. The Labute approximate surface area is 169 Å². The standard InChI is InChI=1S/C21H15F2N5O2/c1-27-16(8-9-24-27)14-4-2-3-5-17(14)28-11-13-7-6-12(10-15(13)21(28)29)19-25-26-20(30-19)18(22)23/h2-10,18H,11H2,1H3. The normalized spacial score (nSPS) is 13.3. The molecule has 0 bridgehead atoms. The summed E-state index contributed by atoms with van der Waals surface area (Å²) in [6.45, 7) is 0.398. The van der Waals surface area contributed by atoms with Crippen molar-refractivity contribution in [2.45, 2.75) is 13.0 Å². The van der Waals surface area contributed by atoms with Gasteiger partial charge in [0.25, 0.3) is 11.8 Å². The second kappa shape index (κ2) is 6.87. The zero-order valence-electron chi connectivity index (χ0n) is 15.8. The summed E-state index contributed by atoms with van der Waals surface area (Å²) in [5, 5.41) is 11.2. The van der Waals surface area contributed by atoms with Crippen molar-refractivity contribution in [2.24, 2.45) is 7.05 Å². The molecule has 7 nitrogen and oxygen atoms in total. The molecule has 0 saturated carbocycles. The van der Waals surface area contributed by atoms with E-state index in [1.165, 1.54) is 0 Å². The number of aromatic nitrogens is 4. The maximum Gasteiger partial charge on any atom is 0.314 e. The van der Waals surface area contributed by atoms with E-state index in [1.54, 1.807) is 34.0 Å². The monoisotopic (exact) mass is 407 g/mol. The Morgan fingerprint density at radius 2 is 1.90 bits per heavy atom. The topological polar surface area (TPSA) is 77.1 Å². The summed E-state index contributed by atoms with van der Waals surface area (Å²) in [7, 11) is 1.84. The van der Waals surface area contributed by atoms with Gasteiger partial charge in [0, 0.05) is 29.9 Å². The van der Waals surface area contributed by atoms with Gasteiger partial charge in [0.05, 0.1) is 17.9 Å². The summed E-state index contributed by atoms with van der Waals surface area (Å²) in [4.78, 5) is 14.9. The Balaban J connectivity index is 1.52. The molecule has 4 aromatic rings. The molecule has 1 aliphatic rings. The molecule has 5 rings (SSSR count). The Morgan fingerprint density at radius 3 is 2.63 bits per heavy atom. The van der Waals surface area contributed by atoms with Gasteiger partial charge in [-0.3, -0.25) is 9.48 Å². The number of alkyl halides is 2. The highest BCUT2D eigenvalue weighted by atomic mass is 19.3. The molecule has 1 aliphatic heterocycles. The molecule has 9 heteroatoms. The van der Waals surface area contributed by atoms with Gasteiger partial charge in [0.1, 0.15) is 0 Å².